The molecule has 2 rings (SSSR count). The van der Waals surface area contributed by atoms with Gasteiger partial charge in [-0.15, -0.1) is 24.2 Å². The number of hydrogen-bond donors (Lipinski definition) is 1. The number of thioether (sulfide) groups is 1. The predicted octanol–water partition coefficient (Wildman–Crippen LogP) is 2.44. The summed E-state index contributed by atoms with van der Waals surface area (Å²) < 4.78 is 0. The Bertz CT molecular complexity index is 411. The molecule has 1 saturated heterocycles. The topological polar surface area (TPSA) is 45.2 Å². The molecule has 4 nitrogen and oxygen atoms in total. The van der Waals surface area contributed by atoms with Gasteiger partial charge in [-0.05, 0) is 50.9 Å². The molecule has 1 aromatic rings. The van der Waals surface area contributed by atoms with Gasteiger partial charge in [0, 0.05) is 30.4 Å². The number of aromatic nitrogens is 1. The zero-order valence-corrected chi connectivity index (χ0v) is 14.1. The summed E-state index contributed by atoms with van der Waals surface area (Å²) in [6, 6.07) is 3.89. The number of hydrogen-bond acceptors (Lipinski definition) is 4. The summed E-state index contributed by atoms with van der Waals surface area (Å²) in [5.41, 5.74) is 0. The van der Waals surface area contributed by atoms with Crippen molar-refractivity contribution >= 4 is 30.1 Å². The lowest BCUT2D eigenvalue weighted by Gasteiger charge is -2.32. The largest absolute Gasteiger partial charge is 0.342 e. The molecule has 1 aliphatic rings. The van der Waals surface area contributed by atoms with Crippen LogP contribution in [-0.2, 0) is 4.79 Å². The number of nitrogens with one attached hydrogen (secondary N) is 1. The van der Waals surface area contributed by atoms with Crippen LogP contribution < -0.4 is 5.32 Å². The zero-order chi connectivity index (χ0) is 14.2. The van der Waals surface area contributed by atoms with Gasteiger partial charge in [0.25, 0.3) is 0 Å². The van der Waals surface area contributed by atoms with Gasteiger partial charge in [0.15, 0.2) is 0 Å². The fraction of sp³-hybridized carbons (Fsp3) is 0.600. The van der Waals surface area contributed by atoms with Gasteiger partial charge >= 0.3 is 0 Å². The van der Waals surface area contributed by atoms with Crippen molar-refractivity contribution in [3.8, 4) is 0 Å². The molecule has 6 heteroatoms. The minimum atomic E-state index is 0. The highest BCUT2D eigenvalue weighted by Gasteiger charge is 2.22. The van der Waals surface area contributed by atoms with Crippen molar-refractivity contribution in [2.24, 2.45) is 5.92 Å². The van der Waals surface area contributed by atoms with Crippen LogP contribution in [0.5, 0.6) is 0 Å². The Morgan fingerprint density at radius 2 is 2.05 bits per heavy atom. The van der Waals surface area contributed by atoms with E-state index in [0.717, 1.165) is 43.3 Å². The average molecular weight is 330 g/mol. The Balaban J connectivity index is 0.00000220. The molecule has 0 bridgehead atoms. The summed E-state index contributed by atoms with van der Waals surface area (Å²) in [5.74, 6) is 1.57. The van der Waals surface area contributed by atoms with E-state index in [1.54, 1.807) is 24.2 Å². The van der Waals surface area contributed by atoms with Crippen molar-refractivity contribution in [1.29, 1.82) is 0 Å². The molecule has 0 radical (unpaired) electrons. The molecule has 2 heterocycles. The van der Waals surface area contributed by atoms with Crippen LogP contribution in [0.2, 0.25) is 0 Å². The first-order valence-electron chi connectivity index (χ1n) is 7.25. The molecule has 0 aromatic carbocycles. The monoisotopic (exact) mass is 329 g/mol. The van der Waals surface area contributed by atoms with Crippen LogP contribution in [0, 0.1) is 5.92 Å². The Hall–Kier alpha value is -0.780. The van der Waals surface area contributed by atoms with E-state index in [0.29, 0.717) is 5.75 Å². The van der Waals surface area contributed by atoms with Crippen molar-refractivity contribution in [3.05, 3.63) is 24.5 Å². The number of pyridine rings is 1. The molecule has 21 heavy (non-hydrogen) atoms. The maximum atomic E-state index is 12.2. The van der Waals surface area contributed by atoms with Gasteiger partial charge < -0.3 is 10.2 Å². The van der Waals surface area contributed by atoms with E-state index >= 15 is 0 Å². The second-order valence-corrected chi connectivity index (χ2v) is 6.24. The number of halogens is 1. The van der Waals surface area contributed by atoms with Crippen LogP contribution in [-0.4, -0.2) is 48.2 Å². The van der Waals surface area contributed by atoms with Gasteiger partial charge in [-0.25, -0.2) is 0 Å². The molecule has 1 aromatic heterocycles. The molecular formula is C15H24ClN3OS. The molecule has 0 spiro atoms. The first kappa shape index (κ1) is 18.3. The average Bonchev–Trinajstić information content (AvgIpc) is 2.52. The van der Waals surface area contributed by atoms with Gasteiger partial charge in [0.2, 0.25) is 5.91 Å². The molecule has 1 N–H and O–H groups in total. The maximum absolute atomic E-state index is 12.2. The molecule has 0 aliphatic carbocycles. The highest BCUT2D eigenvalue weighted by Crippen LogP contribution is 2.22. The summed E-state index contributed by atoms with van der Waals surface area (Å²) in [6.07, 6.45) is 7.05. The molecule has 1 amide bonds. The van der Waals surface area contributed by atoms with Crippen LogP contribution in [0.25, 0.3) is 0 Å². The maximum Gasteiger partial charge on any atom is 0.232 e. The van der Waals surface area contributed by atoms with Crippen molar-refractivity contribution in [2.75, 3.05) is 32.4 Å². The number of piperidine rings is 1. The summed E-state index contributed by atoms with van der Waals surface area (Å²) in [6.45, 7) is 2.92. The summed E-state index contributed by atoms with van der Waals surface area (Å²) in [7, 11) is 2.00. The second-order valence-electron chi connectivity index (χ2n) is 5.19. The summed E-state index contributed by atoms with van der Waals surface area (Å²) in [4.78, 5) is 19.3. The lowest BCUT2D eigenvalue weighted by atomic mass is 9.93. The Labute approximate surface area is 137 Å². The standard InChI is InChI=1S/C15H23N3OS.ClH/c1-16-7-2-13-5-10-18(11-6-13)15(19)12-20-14-3-8-17-9-4-14;/h3-4,8-9,13,16H,2,5-7,10-12H2,1H3;1H. The first-order chi connectivity index (χ1) is 9.79. The van der Waals surface area contributed by atoms with Crippen LogP contribution >= 0.6 is 24.2 Å². The minimum Gasteiger partial charge on any atom is -0.342 e. The number of rotatable bonds is 6. The highest BCUT2D eigenvalue weighted by atomic mass is 35.5. The summed E-state index contributed by atoms with van der Waals surface area (Å²) >= 11 is 1.60. The SMILES string of the molecule is CNCCC1CCN(C(=O)CSc2ccncc2)CC1.Cl. The molecule has 0 saturated carbocycles. The third-order valence-electron chi connectivity index (χ3n) is 3.78. The van der Waals surface area contributed by atoms with E-state index in [9.17, 15) is 4.79 Å². The van der Waals surface area contributed by atoms with Crippen molar-refractivity contribution in [2.45, 2.75) is 24.2 Å². The fourth-order valence-corrected chi connectivity index (χ4v) is 3.28. The molecule has 1 aliphatic heterocycles. The van der Waals surface area contributed by atoms with Crippen LogP contribution in [0.15, 0.2) is 29.4 Å². The highest BCUT2D eigenvalue weighted by molar-refractivity contribution is 8.00. The van der Waals surface area contributed by atoms with Crippen LogP contribution in [0.4, 0.5) is 0 Å². The lowest BCUT2D eigenvalue weighted by molar-refractivity contribution is -0.129. The Kier molecular flexibility index (Phi) is 8.73. The fourth-order valence-electron chi connectivity index (χ4n) is 2.49. The Morgan fingerprint density at radius 3 is 2.67 bits per heavy atom. The third-order valence-corrected chi connectivity index (χ3v) is 4.78. The third kappa shape index (κ3) is 6.24. The molecule has 1 fully saturated rings. The normalized spacial score (nSPS) is 15.6. The van der Waals surface area contributed by atoms with Crippen LogP contribution in [0.1, 0.15) is 19.3 Å². The smallest absolute Gasteiger partial charge is 0.232 e. The molecule has 0 atom stereocenters. The van der Waals surface area contributed by atoms with E-state index in [-0.39, 0.29) is 18.3 Å². The molecule has 118 valence electrons. The van der Waals surface area contributed by atoms with E-state index in [2.05, 4.69) is 10.3 Å². The number of carbonyl (C=O) groups excluding carboxylic acids is 1. The van der Waals surface area contributed by atoms with Crippen molar-refractivity contribution in [1.82, 2.24) is 15.2 Å². The number of amides is 1. The quantitative estimate of drug-likeness (QED) is 0.814. The van der Waals surface area contributed by atoms with E-state index in [1.165, 1.54) is 6.42 Å². The first-order valence-corrected chi connectivity index (χ1v) is 8.23. The van der Waals surface area contributed by atoms with Gasteiger partial charge in [0.1, 0.15) is 0 Å². The van der Waals surface area contributed by atoms with Crippen molar-refractivity contribution in [3.63, 3.8) is 0 Å². The molecular weight excluding hydrogens is 306 g/mol. The number of carbonyl (C=O) groups is 1. The van der Waals surface area contributed by atoms with Gasteiger partial charge in [0.05, 0.1) is 5.75 Å². The minimum absolute atomic E-state index is 0. The number of nitrogens with zero attached hydrogens (tertiary/aromatic N) is 2. The summed E-state index contributed by atoms with van der Waals surface area (Å²) in [5, 5.41) is 3.20. The Morgan fingerprint density at radius 1 is 1.38 bits per heavy atom. The lowest BCUT2D eigenvalue weighted by Crippen LogP contribution is -2.39. The zero-order valence-electron chi connectivity index (χ0n) is 12.5. The van der Waals surface area contributed by atoms with Gasteiger partial charge in [-0.2, -0.15) is 0 Å². The molecule has 0 unspecified atom stereocenters. The van der Waals surface area contributed by atoms with Crippen molar-refractivity contribution < 1.29 is 4.79 Å². The van der Waals surface area contributed by atoms with E-state index in [4.69, 9.17) is 0 Å². The predicted molar refractivity (Wildman–Crippen MR) is 90.1 cm³/mol. The van der Waals surface area contributed by atoms with Gasteiger partial charge in [-0.3, -0.25) is 9.78 Å². The van der Waals surface area contributed by atoms with E-state index < -0.39 is 0 Å². The van der Waals surface area contributed by atoms with Crippen LogP contribution in [0.3, 0.4) is 0 Å². The number of likely N-dealkylation sites (tertiary alicyclic amines) is 1. The van der Waals surface area contributed by atoms with Gasteiger partial charge in [-0.1, -0.05) is 0 Å². The second kappa shape index (κ2) is 10.0. The van der Waals surface area contributed by atoms with E-state index in [1.807, 2.05) is 24.1 Å².